The number of halogens is 2. The average molecular weight is 408 g/mol. The summed E-state index contributed by atoms with van der Waals surface area (Å²) in [5.41, 5.74) is 1.04. The van der Waals surface area contributed by atoms with E-state index < -0.39 is 0 Å². The van der Waals surface area contributed by atoms with Gasteiger partial charge in [-0.15, -0.1) is 24.8 Å². The molecule has 1 amide bonds. The highest BCUT2D eigenvalue weighted by atomic mass is 35.5. The van der Waals surface area contributed by atoms with Crippen LogP contribution in [-0.4, -0.2) is 62.8 Å². The number of amides is 1. The summed E-state index contributed by atoms with van der Waals surface area (Å²) in [5, 5.41) is 6.06. The van der Waals surface area contributed by atoms with Crippen molar-refractivity contribution in [3.8, 4) is 5.75 Å². The third-order valence-electron chi connectivity index (χ3n) is 4.18. The van der Waals surface area contributed by atoms with Crippen LogP contribution in [0.1, 0.15) is 19.4 Å². The van der Waals surface area contributed by atoms with Gasteiger partial charge >= 0.3 is 0 Å². The summed E-state index contributed by atoms with van der Waals surface area (Å²) in [6.45, 7) is 10.5. The molecule has 1 saturated heterocycles. The van der Waals surface area contributed by atoms with E-state index in [1.807, 2.05) is 24.3 Å². The molecule has 1 atom stereocenters. The van der Waals surface area contributed by atoms with Gasteiger partial charge in [-0.25, -0.2) is 0 Å². The molecule has 1 aromatic rings. The van der Waals surface area contributed by atoms with Crippen LogP contribution in [0.2, 0.25) is 0 Å². The number of hydrogen-bond donors (Lipinski definition) is 2. The Kier molecular flexibility index (Phi) is 13.5. The van der Waals surface area contributed by atoms with Crippen molar-refractivity contribution in [1.29, 1.82) is 0 Å². The number of nitrogens with zero attached hydrogens (tertiary/aromatic N) is 1. The number of morpholine rings is 1. The van der Waals surface area contributed by atoms with Crippen LogP contribution in [0.25, 0.3) is 0 Å². The topological polar surface area (TPSA) is 62.8 Å². The van der Waals surface area contributed by atoms with E-state index in [0.717, 1.165) is 37.5 Å². The fourth-order valence-electron chi connectivity index (χ4n) is 2.57. The Morgan fingerprint density at radius 2 is 1.96 bits per heavy atom. The van der Waals surface area contributed by atoms with Crippen molar-refractivity contribution in [3.05, 3.63) is 29.8 Å². The smallest absolute Gasteiger partial charge is 0.250 e. The SMILES string of the molecule is CCN(CC)CCOc1ccc(CNC(=O)C2CNCCO2)cc1.Cl.Cl. The van der Waals surface area contributed by atoms with Gasteiger partial charge in [0.25, 0.3) is 5.91 Å². The van der Waals surface area contributed by atoms with Crippen molar-refractivity contribution in [2.75, 3.05) is 45.9 Å². The van der Waals surface area contributed by atoms with Gasteiger partial charge in [-0.05, 0) is 30.8 Å². The first-order chi connectivity index (χ1) is 11.7. The van der Waals surface area contributed by atoms with E-state index in [2.05, 4.69) is 29.4 Å². The molecule has 1 fully saturated rings. The predicted molar refractivity (Wildman–Crippen MR) is 109 cm³/mol. The van der Waals surface area contributed by atoms with Crippen LogP contribution in [0.3, 0.4) is 0 Å². The minimum absolute atomic E-state index is 0. The van der Waals surface area contributed by atoms with Crippen molar-refractivity contribution >= 4 is 30.7 Å². The zero-order valence-electron chi connectivity index (χ0n) is 15.5. The summed E-state index contributed by atoms with van der Waals surface area (Å²) < 4.78 is 11.2. The van der Waals surface area contributed by atoms with Gasteiger partial charge in [-0.1, -0.05) is 26.0 Å². The first kappa shape index (κ1) is 24.9. The minimum Gasteiger partial charge on any atom is -0.492 e. The van der Waals surface area contributed by atoms with Crippen LogP contribution in [0.5, 0.6) is 5.75 Å². The van der Waals surface area contributed by atoms with Crippen molar-refractivity contribution < 1.29 is 14.3 Å². The summed E-state index contributed by atoms with van der Waals surface area (Å²) in [7, 11) is 0. The molecule has 1 unspecified atom stereocenters. The fourth-order valence-corrected chi connectivity index (χ4v) is 2.57. The van der Waals surface area contributed by atoms with E-state index in [9.17, 15) is 4.79 Å². The maximum atomic E-state index is 12.0. The van der Waals surface area contributed by atoms with Gasteiger partial charge in [0, 0.05) is 26.2 Å². The number of likely N-dealkylation sites (N-methyl/N-ethyl adjacent to an activating group) is 1. The lowest BCUT2D eigenvalue weighted by Gasteiger charge is -2.22. The molecule has 2 rings (SSSR count). The van der Waals surface area contributed by atoms with Gasteiger partial charge in [-0.3, -0.25) is 4.79 Å². The van der Waals surface area contributed by atoms with Gasteiger partial charge in [-0.2, -0.15) is 0 Å². The van der Waals surface area contributed by atoms with E-state index in [0.29, 0.717) is 26.3 Å². The highest BCUT2D eigenvalue weighted by Gasteiger charge is 2.21. The molecule has 0 spiro atoms. The molecule has 0 aromatic heterocycles. The van der Waals surface area contributed by atoms with Crippen LogP contribution >= 0.6 is 24.8 Å². The second-order valence-corrected chi connectivity index (χ2v) is 5.80. The molecule has 26 heavy (non-hydrogen) atoms. The molecule has 6 nitrogen and oxygen atoms in total. The third-order valence-corrected chi connectivity index (χ3v) is 4.18. The van der Waals surface area contributed by atoms with Gasteiger partial charge in [0.2, 0.25) is 0 Å². The maximum absolute atomic E-state index is 12.0. The molecule has 1 aliphatic rings. The Morgan fingerprint density at radius 3 is 2.54 bits per heavy atom. The van der Waals surface area contributed by atoms with Crippen LogP contribution in [-0.2, 0) is 16.1 Å². The number of carbonyl (C=O) groups excluding carboxylic acids is 1. The summed E-state index contributed by atoms with van der Waals surface area (Å²) in [6, 6.07) is 7.85. The summed E-state index contributed by atoms with van der Waals surface area (Å²) in [4.78, 5) is 14.3. The monoisotopic (exact) mass is 407 g/mol. The molecule has 0 saturated carbocycles. The second-order valence-electron chi connectivity index (χ2n) is 5.80. The van der Waals surface area contributed by atoms with E-state index >= 15 is 0 Å². The molecule has 150 valence electrons. The molecule has 0 radical (unpaired) electrons. The molecule has 0 bridgehead atoms. The van der Waals surface area contributed by atoms with Gasteiger partial charge in [0.1, 0.15) is 18.5 Å². The van der Waals surface area contributed by atoms with Gasteiger partial charge < -0.3 is 25.0 Å². The van der Waals surface area contributed by atoms with Crippen LogP contribution in [0.15, 0.2) is 24.3 Å². The molecule has 8 heteroatoms. The van der Waals surface area contributed by atoms with Crippen LogP contribution in [0.4, 0.5) is 0 Å². The lowest BCUT2D eigenvalue weighted by molar-refractivity contribution is -0.134. The zero-order chi connectivity index (χ0) is 17.2. The molecule has 2 N–H and O–H groups in total. The van der Waals surface area contributed by atoms with Crippen molar-refractivity contribution in [1.82, 2.24) is 15.5 Å². The maximum Gasteiger partial charge on any atom is 0.250 e. The zero-order valence-corrected chi connectivity index (χ0v) is 17.2. The standard InChI is InChI=1S/C18H29N3O3.2ClH/c1-3-21(4-2)10-12-23-16-7-5-15(6-8-16)13-20-18(22)17-14-19-9-11-24-17;;/h5-8,17,19H,3-4,9-14H2,1-2H3,(H,20,22);2*1H. The lowest BCUT2D eigenvalue weighted by atomic mass is 10.2. The normalized spacial score (nSPS) is 16.3. The Hall–Kier alpha value is -1.05. The first-order valence-corrected chi connectivity index (χ1v) is 8.77. The number of hydrogen-bond acceptors (Lipinski definition) is 5. The molecule has 1 aliphatic heterocycles. The van der Waals surface area contributed by atoms with Gasteiger partial charge in [0.15, 0.2) is 0 Å². The van der Waals surface area contributed by atoms with Crippen molar-refractivity contribution in [2.24, 2.45) is 0 Å². The fraction of sp³-hybridized carbons (Fsp3) is 0.611. The number of ether oxygens (including phenoxy) is 2. The first-order valence-electron chi connectivity index (χ1n) is 8.77. The molecular weight excluding hydrogens is 377 g/mol. The summed E-state index contributed by atoms with van der Waals surface area (Å²) in [6.07, 6.45) is -0.388. The largest absolute Gasteiger partial charge is 0.492 e. The average Bonchev–Trinajstić information content (AvgIpc) is 2.65. The van der Waals surface area contributed by atoms with E-state index in [-0.39, 0.29) is 36.8 Å². The molecule has 0 aliphatic carbocycles. The van der Waals surface area contributed by atoms with Crippen molar-refractivity contribution in [2.45, 2.75) is 26.5 Å². The van der Waals surface area contributed by atoms with E-state index in [4.69, 9.17) is 9.47 Å². The minimum atomic E-state index is -0.388. The molecule has 1 aromatic carbocycles. The van der Waals surface area contributed by atoms with Gasteiger partial charge in [0.05, 0.1) is 6.61 Å². The van der Waals surface area contributed by atoms with Crippen molar-refractivity contribution in [3.63, 3.8) is 0 Å². The third kappa shape index (κ3) is 8.56. The van der Waals surface area contributed by atoms with Crippen LogP contribution in [0, 0.1) is 0 Å². The Balaban J connectivity index is 0.00000312. The number of carbonyl (C=O) groups is 1. The Labute approximate surface area is 168 Å². The van der Waals surface area contributed by atoms with Crippen LogP contribution < -0.4 is 15.4 Å². The molecular formula is C18H31Cl2N3O3. The quantitative estimate of drug-likeness (QED) is 0.653. The Morgan fingerprint density at radius 1 is 1.27 bits per heavy atom. The highest BCUT2D eigenvalue weighted by molar-refractivity contribution is 5.85. The highest BCUT2D eigenvalue weighted by Crippen LogP contribution is 2.12. The van der Waals surface area contributed by atoms with E-state index in [1.165, 1.54) is 0 Å². The number of benzene rings is 1. The number of rotatable bonds is 9. The summed E-state index contributed by atoms with van der Waals surface area (Å²) in [5.74, 6) is 0.791. The number of nitrogens with one attached hydrogen (secondary N) is 2. The second kappa shape index (κ2) is 14.1. The lowest BCUT2D eigenvalue weighted by Crippen LogP contribution is -2.47. The summed E-state index contributed by atoms with van der Waals surface area (Å²) >= 11 is 0. The predicted octanol–water partition coefficient (Wildman–Crippen LogP) is 1.86. The molecule has 1 heterocycles. The van der Waals surface area contributed by atoms with E-state index in [1.54, 1.807) is 0 Å². The Bertz CT molecular complexity index is 493.